The summed E-state index contributed by atoms with van der Waals surface area (Å²) < 4.78 is 0. The maximum atomic E-state index is 11.8. The van der Waals surface area contributed by atoms with Gasteiger partial charge in [-0.25, -0.2) is 0 Å². The van der Waals surface area contributed by atoms with Crippen LogP contribution in [-0.4, -0.2) is 12.5 Å². The van der Waals surface area contributed by atoms with Crippen LogP contribution in [0.5, 0.6) is 0 Å². The second-order valence-electron chi connectivity index (χ2n) is 7.18. The van der Waals surface area contributed by atoms with Crippen molar-refractivity contribution in [1.82, 2.24) is 5.32 Å². The van der Waals surface area contributed by atoms with Crippen LogP contribution in [0.2, 0.25) is 0 Å². The van der Waals surface area contributed by atoms with Crippen molar-refractivity contribution in [1.29, 1.82) is 0 Å². The zero-order valence-corrected chi connectivity index (χ0v) is 13.3. The van der Waals surface area contributed by atoms with E-state index in [1.54, 1.807) is 0 Å². The van der Waals surface area contributed by atoms with Crippen LogP contribution < -0.4 is 5.32 Å². The van der Waals surface area contributed by atoms with Gasteiger partial charge in [-0.2, -0.15) is 0 Å². The van der Waals surface area contributed by atoms with E-state index in [0.29, 0.717) is 12.3 Å². The number of rotatable bonds is 9. The Morgan fingerprint density at radius 1 is 1.06 bits per heavy atom. The minimum Gasteiger partial charge on any atom is -0.356 e. The molecule has 2 heteroatoms. The van der Waals surface area contributed by atoms with Crippen molar-refractivity contribution >= 4 is 5.91 Å². The van der Waals surface area contributed by atoms with Crippen molar-refractivity contribution in [2.75, 3.05) is 6.54 Å². The highest BCUT2D eigenvalue weighted by Crippen LogP contribution is 2.28. The predicted octanol–water partition coefficient (Wildman–Crippen LogP) is 4.39. The number of nitrogens with one attached hydrogen (secondary N) is 1. The molecule has 0 radical (unpaired) electrons. The summed E-state index contributed by atoms with van der Waals surface area (Å²) in [6, 6.07) is 0. The molecule has 108 valence electrons. The minimum absolute atomic E-state index is 0.137. The number of hydrogen-bond donors (Lipinski definition) is 1. The molecule has 0 aromatic rings. The first-order valence-electron chi connectivity index (χ1n) is 7.49. The fourth-order valence-corrected chi connectivity index (χ4v) is 2.06. The van der Waals surface area contributed by atoms with Gasteiger partial charge in [-0.3, -0.25) is 4.79 Å². The van der Waals surface area contributed by atoms with Gasteiger partial charge in [-0.15, -0.1) is 0 Å². The summed E-state index contributed by atoms with van der Waals surface area (Å²) in [4.78, 5) is 11.8. The van der Waals surface area contributed by atoms with E-state index in [9.17, 15) is 4.79 Å². The van der Waals surface area contributed by atoms with Gasteiger partial charge in [0.25, 0.3) is 0 Å². The van der Waals surface area contributed by atoms with Gasteiger partial charge < -0.3 is 5.32 Å². The Hall–Kier alpha value is -0.530. The number of unbranched alkanes of at least 4 members (excludes halogenated alkanes) is 1. The molecule has 0 unspecified atom stereocenters. The Bertz CT molecular complexity index is 231. The molecule has 0 bridgehead atoms. The third kappa shape index (κ3) is 10.6. The quantitative estimate of drug-likeness (QED) is 0.608. The van der Waals surface area contributed by atoms with E-state index < -0.39 is 0 Å². The molecule has 0 aromatic carbocycles. The zero-order chi connectivity index (χ0) is 14.2. The topological polar surface area (TPSA) is 29.1 Å². The first-order chi connectivity index (χ1) is 8.23. The van der Waals surface area contributed by atoms with E-state index in [1.165, 1.54) is 19.3 Å². The molecule has 18 heavy (non-hydrogen) atoms. The number of hydrogen-bond acceptors (Lipinski definition) is 1. The second-order valence-corrected chi connectivity index (χ2v) is 7.18. The van der Waals surface area contributed by atoms with Crippen LogP contribution >= 0.6 is 0 Å². The smallest absolute Gasteiger partial charge is 0.220 e. The van der Waals surface area contributed by atoms with Crippen LogP contribution in [0.3, 0.4) is 0 Å². The molecule has 2 nitrogen and oxygen atoms in total. The van der Waals surface area contributed by atoms with Crippen LogP contribution in [0, 0.1) is 17.3 Å². The van der Waals surface area contributed by atoms with Gasteiger partial charge >= 0.3 is 0 Å². The van der Waals surface area contributed by atoms with Crippen molar-refractivity contribution in [3.63, 3.8) is 0 Å². The third-order valence-corrected chi connectivity index (χ3v) is 3.23. The summed E-state index contributed by atoms with van der Waals surface area (Å²) >= 11 is 0. The highest BCUT2D eigenvalue weighted by molar-refractivity contribution is 5.76. The standard InChI is InChI=1S/C16H33NO/c1-13(2)9-7-8-10-16(5,6)11-15(18)17-12-14(3)4/h13-14H,7-12H2,1-6H3,(H,17,18). The van der Waals surface area contributed by atoms with Gasteiger partial charge in [-0.05, 0) is 23.7 Å². The molecule has 0 saturated heterocycles. The molecule has 0 fully saturated rings. The van der Waals surface area contributed by atoms with Gasteiger partial charge in [-0.1, -0.05) is 60.8 Å². The molecular formula is C16H33NO. The first-order valence-corrected chi connectivity index (χ1v) is 7.49. The molecule has 0 aliphatic carbocycles. The van der Waals surface area contributed by atoms with Crippen LogP contribution in [0.15, 0.2) is 0 Å². The van der Waals surface area contributed by atoms with Crippen molar-refractivity contribution in [2.24, 2.45) is 17.3 Å². The van der Waals surface area contributed by atoms with Gasteiger partial charge in [0, 0.05) is 13.0 Å². The molecule has 0 aromatic heterocycles. The van der Waals surface area contributed by atoms with Crippen molar-refractivity contribution in [3.8, 4) is 0 Å². The van der Waals surface area contributed by atoms with E-state index in [1.807, 2.05) is 0 Å². The Kier molecular flexibility index (Phi) is 8.30. The molecule has 0 saturated carbocycles. The van der Waals surface area contributed by atoms with Crippen molar-refractivity contribution in [3.05, 3.63) is 0 Å². The Labute approximate surface area is 114 Å². The average molecular weight is 255 g/mol. The Morgan fingerprint density at radius 3 is 2.17 bits per heavy atom. The molecule has 0 aliphatic heterocycles. The summed E-state index contributed by atoms with van der Waals surface area (Å²) in [5, 5.41) is 3.01. The van der Waals surface area contributed by atoms with E-state index >= 15 is 0 Å². The molecule has 0 aliphatic rings. The van der Waals surface area contributed by atoms with Crippen molar-refractivity contribution < 1.29 is 4.79 Å². The van der Waals surface area contributed by atoms with Crippen LogP contribution in [0.4, 0.5) is 0 Å². The molecule has 0 heterocycles. The van der Waals surface area contributed by atoms with Crippen LogP contribution in [0.1, 0.15) is 73.6 Å². The molecular weight excluding hydrogens is 222 g/mol. The fourth-order valence-electron chi connectivity index (χ4n) is 2.06. The van der Waals surface area contributed by atoms with Crippen LogP contribution in [0.25, 0.3) is 0 Å². The van der Waals surface area contributed by atoms with Gasteiger partial charge in [0.1, 0.15) is 0 Å². The van der Waals surface area contributed by atoms with E-state index in [4.69, 9.17) is 0 Å². The Balaban J connectivity index is 3.80. The largest absolute Gasteiger partial charge is 0.356 e. The third-order valence-electron chi connectivity index (χ3n) is 3.23. The van der Waals surface area contributed by atoms with E-state index in [2.05, 4.69) is 46.9 Å². The first kappa shape index (κ1) is 17.5. The highest BCUT2D eigenvalue weighted by atomic mass is 16.1. The molecule has 0 spiro atoms. The molecule has 0 rings (SSSR count). The molecule has 1 amide bonds. The lowest BCUT2D eigenvalue weighted by molar-refractivity contribution is -0.123. The number of amides is 1. The summed E-state index contributed by atoms with van der Waals surface area (Å²) in [6.45, 7) is 14.0. The normalized spacial score (nSPS) is 12.2. The molecule has 1 N–H and O–H groups in total. The zero-order valence-electron chi connectivity index (χ0n) is 13.3. The molecule has 0 atom stereocenters. The lowest BCUT2D eigenvalue weighted by Crippen LogP contribution is -2.31. The number of carbonyl (C=O) groups excluding carboxylic acids is 1. The van der Waals surface area contributed by atoms with Gasteiger partial charge in [0.05, 0.1) is 0 Å². The van der Waals surface area contributed by atoms with Crippen LogP contribution in [-0.2, 0) is 4.79 Å². The average Bonchev–Trinajstić information content (AvgIpc) is 2.21. The number of carbonyl (C=O) groups is 1. The van der Waals surface area contributed by atoms with Gasteiger partial charge in [0.15, 0.2) is 0 Å². The minimum atomic E-state index is 0.137. The maximum Gasteiger partial charge on any atom is 0.220 e. The second kappa shape index (κ2) is 8.55. The van der Waals surface area contributed by atoms with E-state index in [-0.39, 0.29) is 11.3 Å². The maximum absolute atomic E-state index is 11.8. The predicted molar refractivity (Wildman–Crippen MR) is 79.6 cm³/mol. The summed E-state index contributed by atoms with van der Waals surface area (Å²) in [5.74, 6) is 1.53. The van der Waals surface area contributed by atoms with Gasteiger partial charge in [0.2, 0.25) is 5.91 Å². The Morgan fingerprint density at radius 2 is 1.67 bits per heavy atom. The lowest BCUT2D eigenvalue weighted by Gasteiger charge is -2.24. The fraction of sp³-hybridized carbons (Fsp3) is 0.938. The SMILES string of the molecule is CC(C)CCCCC(C)(C)CC(=O)NCC(C)C. The summed E-state index contributed by atoms with van der Waals surface area (Å²) in [7, 11) is 0. The van der Waals surface area contributed by atoms with E-state index in [0.717, 1.165) is 18.9 Å². The monoisotopic (exact) mass is 255 g/mol. The summed E-state index contributed by atoms with van der Waals surface area (Å²) in [5.41, 5.74) is 0.137. The van der Waals surface area contributed by atoms with Crippen molar-refractivity contribution in [2.45, 2.75) is 73.6 Å². The lowest BCUT2D eigenvalue weighted by atomic mass is 9.83. The highest BCUT2D eigenvalue weighted by Gasteiger charge is 2.21. The summed E-state index contributed by atoms with van der Waals surface area (Å²) in [6.07, 6.45) is 5.63.